The second-order valence-corrected chi connectivity index (χ2v) is 12.4. The van der Waals surface area contributed by atoms with E-state index in [4.69, 9.17) is 0 Å². The summed E-state index contributed by atoms with van der Waals surface area (Å²) in [5.41, 5.74) is 12.0. The topological polar surface area (TPSA) is 8.17 Å². The molecule has 2 nitrogen and oxygen atoms in total. The molecule has 0 bridgehead atoms. The lowest BCUT2D eigenvalue weighted by atomic mass is 9.72. The molecule has 0 fully saturated rings. The molecule has 3 atom stereocenters. The van der Waals surface area contributed by atoms with Crippen molar-refractivity contribution in [2.24, 2.45) is 5.92 Å². The summed E-state index contributed by atoms with van der Waals surface area (Å²) in [5.74, 6) is 0.591. The van der Waals surface area contributed by atoms with Crippen molar-refractivity contribution in [2.75, 3.05) is 4.90 Å². The average molecular weight is 541 g/mol. The number of hydrogen-bond acceptors (Lipinski definition) is 1. The SMILES string of the molecule is CC1=CC2=CC=C[C@@](C)(N3C4=Cc5c(n(-c6cccc7ccccc67)c6ccccc56)CC4c4ccccc43)C2C=C1. The molecule has 3 aliphatic carbocycles. The van der Waals surface area contributed by atoms with Crippen molar-refractivity contribution in [1.82, 2.24) is 4.57 Å². The fourth-order valence-electron chi connectivity index (χ4n) is 8.17. The van der Waals surface area contributed by atoms with Crippen LogP contribution in [0.4, 0.5) is 5.69 Å². The van der Waals surface area contributed by atoms with Crippen molar-refractivity contribution < 1.29 is 0 Å². The van der Waals surface area contributed by atoms with Crippen molar-refractivity contribution in [1.29, 1.82) is 0 Å². The van der Waals surface area contributed by atoms with Crippen LogP contribution >= 0.6 is 0 Å². The molecule has 9 rings (SSSR count). The van der Waals surface area contributed by atoms with Gasteiger partial charge in [0.25, 0.3) is 0 Å². The van der Waals surface area contributed by atoms with Gasteiger partial charge in [-0.15, -0.1) is 0 Å². The number of allylic oxidation sites excluding steroid dienone is 6. The van der Waals surface area contributed by atoms with E-state index in [1.165, 1.54) is 66.7 Å². The number of para-hydroxylation sites is 2. The van der Waals surface area contributed by atoms with E-state index >= 15 is 0 Å². The molecule has 42 heavy (non-hydrogen) atoms. The second-order valence-electron chi connectivity index (χ2n) is 12.4. The Morgan fingerprint density at radius 1 is 0.786 bits per heavy atom. The van der Waals surface area contributed by atoms with E-state index in [-0.39, 0.29) is 11.5 Å². The Balaban J connectivity index is 1.30. The van der Waals surface area contributed by atoms with Crippen molar-refractivity contribution in [3.05, 3.63) is 161 Å². The van der Waals surface area contributed by atoms with Crippen LogP contribution in [0.2, 0.25) is 0 Å². The Bertz CT molecular complexity index is 2110. The van der Waals surface area contributed by atoms with Gasteiger partial charge in [-0.2, -0.15) is 0 Å². The van der Waals surface area contributed by atoms with Crippen molar-refractivity contribution in [3.8, 4) is 5.69 Å². The summed E-state index contributed by atoms with van der Waals surface area (Å²) in [6.45, 7) is 4.62. The van der Waals surface area contributed by atoms with Gasteiger partial charge >= 0.3 is 0 Å². The minimum absolute atomic E-state index is 0.208. The van der Waals surface area contributed by atoms with Gasteiger partial charge in [0.15, 0.2) is 0 Å². The first-order valence-corrected chi connectivity index (χ1v) is 15.1. The smallest absolute Gasteiger partial charge is 0.0708 e. The van der Waals surface area contributed by atoms with Gasteiger partial charge in [0.05, 0.1) is 16.7 Å². The molecular weight excluding hydrogens is 508 g/mol. The minimum Gasteiger partial charge on any atom is -0.334 e. The Morgan fingerprint density at radius 3 is 2.48 bits per heavy atom. The first-order valence-electron chi connectivity index (χ1n) is 15.1. The Kier molecular flexibility index (Phi) is 4.88. The predicted octanol–water partition coefficient (Wildman–Crippen LogP) is 9.67. The molecule has 0 spiro atoms. The van der Waals surface area contributed by atoms with Crippen LogP contribution in [-0.4, -0.2) is 10.1 Å². The molecule has 1 aromatic heterocycles. The van der Waals surface area contributed by atoms with E-state index in [0.29, 0.717) is 5.92 Å². The van der Waals surface area contributed by atoms with Crippen LogP contribution in [0.3, 0.4) is 0 Å². The number of nitrogens with zero attached hydrogens (tertiary/aromatic N) is 2. The van der Waals surface area contributed by atoms with Gasteiger partial charge < -0.3 is 9.47 Å². The molecule has 2 unspecified atom stereocenters. The fraction of sp³-hybridized carbons (Fsp3) is 0.150. The van der Waals surface area contributed by atoms with Gasteiger partial charge in [-0.1, -0.05) is 115 Å². The number of fused-ring (bicyclic) bond motifs is 8. The standard InChI is InChI=1S/C40H32N2/c1-26-20-21-34-28(23-26)13-10-22-40(34,2)42-37-18-8-6-16-31(37)33-24-38-32(25-39(33)42)30-15-5-7-17-36(30)41(38)35-19-9-12-27-11-3-4-14-29(27)35/h3-23,25,33-34H,24H2,1-2H3/t33?,34?,40-/m1/s1. The molecule has 1 aliphatic heterocycles. The maximum Gasteiger partial charge on any atom is 0.0708 e. The summed E-state index contributed by atoms with van der Waals surface area (Å²) in [4.78, 5) is 2.67. The summed E-state index contributed by atoms with van der Waals surface area (Å²) < 4.78 is 2.55. The number of aromatic nitrogens is 1. The lowest BCUT2D eigenvalue weighted by Gasteiger charge is -2.47. The van der Waals surface area contributed by atoms with Crippen molar-refractivity contribution >= 4 is 33.4 Å². The van der Waals surface area contributed by atoms with Gasteiger partial charge in [0, 0.05) is 51.7 Å². The quantitative estimate of drug-likeness (QED) is 0.216. The van der Waals surface area contributed by atoms with Crippen molar-refractivity contribution in [2.45, 2.75) is 31.7 Å². The van der Waals surface area contributed by atoms with Gasteiger partial charge in [-0.25, -0.2) is 0 Å². The minimum atomic E-state index is -0.208. The maximum absolute atomic E-state index is 2.67. The third-order valence-corrected chi connectivity index (χ3v) is 10.0. The first-order chi connectivity index (χ1) is 20.6. The van der Waals surface area contributed by atoms with Crippen LogP contribution in [0.5, 0.6) is 0 Å². The highest BCUT2D eigenvalue weighted by atomic mass is 15.2. The number of anilines is 1. The average Bonchev–Trinajstić information content (AvgIpc) is 3.52. The highest BCUT2D eigenvalue weighted by Gasteiger charge is 2.48. The monoisotopic (exact) mass is 540 g/mol. The molecule has 4 aliphatic rings. The molecule has 0 N–H and O–H groups in total. The number of hydrogen-bond donors (Lipinski definition) is 0. The highest BCUT2D eigenvalue weighted by Crippen LogP contribution is 2.55. The van der Waals surface area contributed by atoms with E-state index in [9.17, 15) is 0 Å². The predicted molar refractivity (Wildman–Crippen MR) is 176 cm³/mol. The van der Waals surface area contributed by atoms with Gasteiger partial charge in [-0.05, 0) is 54.6 Å². The van der Waals surface area contributed by atoms with Crippen LogP contribution in [0, 0.1) is 5.92 Å². The van der Waals surface area contributed by atoms with Crippen LogP contribution in [0.1, 0.15) is 36.6 Å². The van der Waals surface area contributed by atoms with Gasteiger partial charge in [-0.3, -0.25) is 0 Å². The lowest BCUT2D eigenvalue weighted by Crippen LogP contribution is -2.50. The Labute approximate surface area is 246 Å². The van der Waals surface area contributed by atoms with Crippen molar-refractivity contribution in [3.63, 3.8) is 0 Å². The zero-order valence-electron chi connectivity index (χ0n) is 24.0. The third kappa shape index (κ3) is 3.15. The highest BCUT2D eigenvalue weighted by molar-refractivity contribution is 5.99. The molecule has 4 aromatic carbocycles. The maximum atomic E-state index is 2.67. The normalized spacial score (nSPS) is 23.7. The third-order valence-electron chi connectivity index (χ3n) is 10.0. The molecule has 0 radical (unpaired) electrons. The van der Waals surface area contributed by atoms with E-state index in [2.05, 4.69) is 157 Å². The van der Waals surface area contributed by atoms with E-state index in [0.717, 1.165) is 6.42 Å². The van der Waals surface area contributed by atoms with Gasteiger partial charge in [0.2, 0.25) is 0 Å². The lowest BCUT2D eigenvalue weighted by molar-refractivity contribution is 0.453. The largest absolute Gasteiger partial charge is 0.334 e. The van der Waals surface area contributed by atoms with E-state index in [1.807, 2.05) is 0 Å². The molecule has 5 aromatic rings. The van der Waals surface area contributed by atoms with Gasteiger partial charge in [0.1, 0.15) is 0 Å². The van der Waals surface area contributed by atoms with Crippen LogP contribution in [-0.2, 0) is 6.42 Å². The summed E-state index contributed by atoms with van der Waals surface area (Å²) in [6.07, 6.45) is 17.6. The summed E-state index contributed by atoms with van der Waals surface area (Å²) in [7, 11) is 0. The molecule has 0 saturated heterocycles. The Morgan fingerprint density at radius 2 is 1.55 bits per heavy atom. The van der Waals surface area contributed by atoms with E-state index < -0.39 is 0 Å². The molecule has 2 heterocycles. The van der Waals surface area contributed by atoms with Crippen LogP contribution < -0.4 is 4.90 Å². The fourth-order valence-corrected chi connectivity index (χ4v) is 8.17. The zero-order chi connectivity index (χ0) is 28.0. The Hall–Kier alpha value is -4.82. The van der Waals surface area contributed by atoms with E-state index in [1.54, 1.807) is 0 Å². The molecular formula is C40H32N2. The molecule has 202 valence electrons. The molecule has 2 heteroatoms. The summed E-state index contributed by atoms with van der Waals surface area (Å²) in [6, 6.07) is 33.6. The number of benzene rings is 4. The van der Waals surface area contributed by atoms with Crippen LogP contribution in [0.25, 0.3) is 33.4 Å². The molecule has 0 saturated carbocycles. The first kappa shape index (κ1) is 23.8. The molecule has 0 amide bonds. The zero-order valence-corrected chi connectivity index (χ0v) is 24.0. The summed E-state index contributed by atoms with van der Waals surface area (Å²) in [5, 5.41) is 3.89. The second kappa shape index (κ2) is 8.59. The van der Waals surface area contributed by atoms with Crippen LogP contribution in [0.15, 0.2) is 144 Å². The number of rotatable bonds is 2. The summed E-state index contributed by atoms with van der Waals surface area (Å²) >= 11 is 0.